The van der Waals surface area contributed by atoms with E-state index < -0.39 is 66.6 Å². The molecule has 1 unspecified atom stereocenters. The summed E-state index contributed by atoms with van der Waals surface area (Å²) in [6.07, 6.45) is -2.58. The van der Waals surface area contributed by atoms with Gasteiger partial charge in [-0.3, -0.25) is 0 Å². The van der Waals surface area contributed by atoms with Crippen LogP contribution in [0.2, 0.25) is 0 Å². The zero-order valence-corrected chi connectivity index (χ0v) is 20.7. The van der Waals surface area contributed by atoms with Crippen molar-refractivity contribution in [1.82, 2.24) is 10.6 Å². The van der Waals surface area contributed by atoms with Crippen molar-refractivity contribution in [2.75, 3.05) is 26.7 Å². The molecule has 0 spiro atoms. The van der Waals surface area contributed by atoms with E-state index in [1.54, 1.807) is 14.0 Å². The third-order valence-corrected chi connectivity index (χ3v) is 7.04. The quantitative estimate of drug-likeness (QED) is 0.158. The normalized spacial score (nSPS) is 44.4. The monoisotopic (exact) mass is 502 g/mol. The first-order valence-electron chi connectivity index (χ1n) is 12.3. The molecule has 0 aromatic rings. The number of aldehydes is 1. The minimum atomic E-state index is -1.32. The van der Waals surface area contributed by atoms with Crippen LogP contribution in [0.5, 0.6) is 0 Å². The molecule has 9 N–H and O–H groups in total. The molecule has 1 saturated carbocycles. The number of hydrogen-bond acceptors (Lipinski definition) is 12. The van der Waals surface area contributed by atoms with Crippen molar-refractivity contribution in [3.63, 3.8) is 0 Å². The van der Waals surface area contributed by atoms with Crippen molar-refractivity contribution in [3.8, 4) is 0 Å². The van der Waals surface area contributed by atoms with Gasteiger partial charge in [-0.2, -0.15) is 0 Å². The van der Waals surface area contributed by atoms with E-state index in [-0.39, 0.29) is 13.0 Å². The van der Waals surface area contributed by atoms with Crippen LogP contribution in [0.25, 0.3) is 0 Å². The summed E-state index contributed by atoms with van der Waals surface area (Å²) in [5.74, 6) is 0.279. The molecule has 202 valence electrons. The number of likely N-dealkylation sites (N-methyl/N-ethyl adjacent to an activating group) is 2. The largest absolute Gasteiger partial charge is 0.467 e. The lowest BCUT2D eigenvalue weighted by molar-refractivity contribution is -0.308. The summed E-state index contributed by atoms with van der Waals surface area (Å²) in [6, 6.07) is -1.78. The van der Waals surface area contributed by atoms with E-state index in [9.17, 15) is 20.1 Å². The van der Waals surface area contributed by atoms with Crippen LogP contribution < -0.4 is 22.1 Å². The number of aliphatic hydroxyl groups excluding tert-OH is 2. The first-order valence-corrected chi connectivity index (χ1v) is 12.3. The molecule has 3 rings (SSSR count). The summed E-state index contributed by atoms with van der Waals surface area (Å²) in [5.41, 5.74) is 11.3. The van der Waals surface area contributed by atoms with Gasteiger partial charge >= 0.3 is 0 Å². The summed E-state index contributed by atoms with van der Waals surface area (Å²) in [6.45, 7) is 4.76. The highest BCUT2D eigenvalue weighted by molar-refractivity contribution is 5.50. The van der Waals surface area contributed by atoms with Crippen LogP contribution in [-0.4, -0.2) is 109 Å². The molecule has 35 heavy (non-hydrogen) atoms. The Balaban J connectivity index is 1.73. The molecular weight excluding hydrogens is 460 g/mol. The Hall–Kier alpha value is -1.19. The van der Waals surface area contributed by atoms with Crippen LogP contribution in [0.3, 0.4) is 0 Å². The second kappa shape index (κ2) is 12.4. The second-order valence-corrected chi connectivity index (χ2v) is 9.88. The predicted molar refractivity (Wildman–Crippen MR) is 126 cm³/mol. The van der Waals surface area contributed by atoms with Gasteiger partial charge in [-0.15, -0.1) is 0 Å². The summed E-state index contributed by atoms with van der Waals surface area (Å²) < 4.78 is 23.7. The molecule has 0 amide bonds. The summed E-state index contributed by atoms with van der Waals surface area (Å²) in [7, 11) is 1.62. The fourth-order valence-electron chi connectivity index (χ4n) is 5.09. The van der Waals surface area contributed by atoms with Crippen LogP contribution >= 0.6 is 0 Å². The molecule has 0 aromatic heterocycles. The molecule has 2 heterocycles. The third kappa shape index (κ3) is 6.58. The SMILES string of the molecule is CCNCC1=CC[C@@H](N)[C@@H](OC2[C@@H](N)C[C@@H](CC=O)[C@H](O[C@H]3OC[C@](C)(O)[C@H](NC)[C@H]3O)[C@H]2O)O1. The van der Waals surface area contributed by atoms with E-state index in [4.69, 9.17) is 30.4 Å². The number of rotatable bonds is 10. The third-order valence-electron chi connectivity index (χ3n) is 7.04. The highest BCUT2D eigenvalue weighted by Crippen LogP contribution is 2.35. The number of nitrogens with two attached hydrogens (primary N) is 2. The van der Waals surface area contributed by atoms with Gasteiger partial charge in [-0.1, -0.05) is 6.92 Å². The molecular formula is C23H42N4O8. The van der Waals surface area contributed by atoms with Gasteiger partial charge in [0.15, 0.2) is 6.29 Å². The Labute approximate surface area is 206 Å². The highest BCUT2D eigenvalue weighted by atomic mass is 16.7. The van der Waals surface area contributed by atoms with Gasteiger partial charge < -0.3 is 61.2 Å². The highest BCUT2D eigenvalue weighted by Gasteiger charge is 2.51. The first-order chi connectivity index (χ1) is 16.6. The molecule has 12 heteroatoms. The van der Waals surface area contributed by atoms with Crippen LogP contribution in [-0.2, 0) is 23.7 Å². The lowest BCUT2D eigenvalue weighted by Gasteiger charge is -2.48. The van der Waals surface area contributed by atoms with E-state index in [0.29, 0.717) is 25.1 Å². The summed E-state index contributed by atoms with van der Waals surface area (Å²) in [5, 5.41) is 38.7. The van der Waals surface area contributed by atoms with Gasteiger partial charge in [0.2, 0.25) is 6.29 Å². The molecule has 1 saturated heterocycles. The average Bonchev–Trinajstić information content (AvgIpc) is 2.81. The molecule has 0 aromatic carbocycles. The zero-order valence-electron chi connectivity index (χ0n) is 20.7. The van der Waals surface area contributed by atoms with Crippen molar-refractivity contribution in [2.45, 2.75) is 93.8 Å². The number of nitrogens with one attached hydrogen (secondary N) is 2. The lowest BCUT2D eigenvalue weighted by Crippen LogP contribution is -2.67. The van der Waals surface area contributed by atoms with Gasteiger partial charge in [0.25, 0.3) is 0 Å². The van der Waals surface area contributed by atoms with Crippen LogP contribution in [0.4, 0.5) is 0 Å². The maximum atomic E-state index is 11.4. The van der Waals surface area contributed by atoms with Gasteiger partial charge in [-0.25, -0.2) is 0 Å². The van der Waals surface area contributed by atoms with Crippen molar-refractivity contribution in [2.24, 2.45) is 17.4 Å². The van der Waals surface area contributed by atoms with Crippen molar-refractivity contribution in [1.29, 1.82) is 0 Å². The Morgan fingerprint density at radius 3 is 2.57 bits per heavy atom. The van der Waals surface area contributed by atoms with E-state index in [1.165, 1.54) is 0 Å². The number of carbonyl (C=O) groups is 1. The maximum Gasteiger partial charge on any atom is 0.215 e. The lowest BCUT2D eigenvalue weighted by atomic mass is 9.78. The van der Waals surface area contributed by atoms with Crippen molar-refractivity contribution >= 4 is 6.29 Å². The van der Waals surface area contributed by atoms with E-state index in [2.05, 4.69) is 10.6 Å². The number of hydrogen-bond donors (Lipinski definition) is 7. The van der Waals surface area contributed by atoms with Crippen molar-refractivity contribution in [3.05, 3.63) is 11.8 Å². The molecule has 1 aliphatic carbocycles. The van der Waals surface area contributed by atoms with Gasteiger partial charge in [0.1, 0.15) is 36.0 Å². The van der Waals surface area contributed by atoms with Gasteiger partial charge in [-0.05, 0) is 45.4 Å². The predicted octanol–water partition coefficient (Wildman–Crippen LogP) is -2.32. The van der Waals surface area contributed by atoms with Crippen LogP contribution in [0.15, 0.2) is 11.8 Å². The number of aliphatic hydroxyl groups is 3. The Morgan fingerprint density at radius 1 is 1.20 bits per heavy atom. The average molecular weight is 503 g/mol. The standard InChI is InChI=1S/C23H42N4O8/c1-4-27-10-13-5-6-14(24)21(33-13)35-19-15(25)9-12(7-8-28)18(16(19)29)34-22-17(30)20(26-3)23(2,31)11-32-22/h5,8,12,14-22,26-27,29-31H,4,6-7,9-11,24-25H2,1-3H3/t12-,14-,15+,16-,17-,18+,19?,20-,21-,22-,23+/m1/s1. The first kappa shape index (κ1) is 28.4. The molecule has 12 nitrogen and oxygen atoms in total. The second-order valence-electron chi connectivity index (χ2n) is 9.88. The summed E-state index contributed by atoms with van der Waals surface area (Å²) >= 11 is 0. The molecule has 11 atom stereocenters. The van der Waals surface area contributed by atoms with Crippen LogP contribution in [0.1, 0.15) is 33.1 Å². The Bertz CT molecular complexity index is 726. The zero-order chi connectivity index (χ0) is 25.8. The number of ether oxygens (including phenoxy) is 4. The van der Waals surface area contributed by atoms with E-state index >= 15 is 0 Å². The number of carbonyl (C=O) groups excluding carboxylic acids is 1. The molecule has 2 aliphatic heterocycles. The molecule has 0 bridgehead atoms. The van der Waals surface area contributed by atoms with Crippen molar-refractivity contribution < 1.29 is 39.1 Å². The fraction of sp³-hybridized carbons (Fsp3) is 0.870. The topological polar surface area (TPSA) is 191 Å². The Kier molecular flexibility index (Phi) is 10.0. The fourth-order valence-corrected chi connectivity index (χ4v) is 5.09. The van der Waals surface area contributed by atoms with E-state index in [1.807, 2.05) is 13.0 Å². The van der Waals surface area contributed by atoms with Gasteiger partial charge in [0, 0.05) is 12.5 Å². The molecule has 3 aliphatic rings. The smallest absolute Gasteiger partial charge is 0.215 e. The van der Waals surface area contributed by atoms with Crippen LogP contribution in [0, 0.1) is 5.92 Å². The Morgan fingerprint density at radius 2 is 1.91 bits per heavy atom. The van der Waals surface area contributed by atoms with E-state index in [0.717, 1.165) is 12.8 Å². The molecule has 2 fully saturated rings. The molecule has 0 radical (unpaired) electrons. The minimum absolute atomic E-state index is 0.0908. The van der Waals surface area contributed by atoms with Gasteiger partial charge in [0.05, 0.1) is 31.3 Å². The minimum Gasteiger partial charge on any atom is -0.467 e. The summed E-state index contributed by atoms with van der Waals surface area (Å²) in [4.78, 5) is 11.4. The maximum absolute atomic E-state index is 11.4.